The molecule has 1 amide bonds. The van der Waals surface area contributed by atoms with Crippen LogP contribution in [0.2, 0.25) is 0 Å². The number of aryl methyl sites for hydroxylation is 2. The zero-order chi connectivity index (χ0) is 20.2. The third-order valence-electron chi connectivity index (χ3n) is 5.23. The number of nitrogens with zero attached hydrogens (tertiary/aromatic N) is 2. The highest BCUT2D eigenvalue weighted by Crippen LogP contribution is 2.26. The van der Waals surface area contributed by atoms with E-state index in [0.29, 0.717) is 31.8 Å². The SMILES string of the molecule is Cc1nc(CCC(=O)N2CCNCC2c2cccc(F)c2)oc1-c1ccccc1. The fourth-order valence-corrected chi connectivity index (χ4v) is 3.79. The molecule has 1 fully saturated rings. The normalized spacial score (nSPS) is 16.8. The summed E-state index contributed by atoms with van der Waals surface area (Å²) in [5, 5.41) is 3.29. The van der Waals surface area contributed by atoms with Gasteiger partial charge in [-0.2, -0.15) is 0 Å². The van der Waals surface area contributed by atoms with Crippen molar-refractivity contribution < 1.29 is 13.6 Å². The molecule has 1 aliphatic heterocycles. The molecule has 1 saturated heterocycles. The van der Waals surface area contributed by atoms with Gasteiger partial charge in [-0.3, -0.25) is 4.79 Å². The summed E-state index contributed by atoms with van der Waals surface area (Å²) >= 11 is 0. The van der Waals surface area contributed by atoms with E-state index in [4.69, 9.17) is 4.42 Å². The van der Waals surface area contributed by atoms with E-state index >= 15 is 0 Å². The average molecular weight is 393 g/mol. The van der Waals surface area contributed by atoms with Crippen molar-refractivity contribution in [3.05, 3.63) is 77.6 Å². The molecule has 150 valence electrons. The second-order valence-corrected chi connectivity index (χ2v) is 7.25. The topological polar surface area (TPSA) is 58.4 Å². The second kappa shape index (κ2) is 8.57. The lowest BCUT2D eigenvalue weighted by Crippen LogP contribution is -2.48. The van der Waals surface area contributed by atoms with Crippen molar-refractivity contribution in [2.45, 2.75) is 25.8 Å². The third-order valence-corrected chi connectivity index (χ3v) is 5.23. The Morgan fingerprint density at radius 2 is 2.07 bits per heavy atom. The van der Waals surface area contributed by atoms with Gasteiger partial charge >= 0.3 is 0 Å². The number of aromatic nitrogens is 1. The summed E-state index contributed by atoms with van der Waals surface area (Å²) in [6.45, 7) is 3.85. The Balaban J connectivity index is 1.45. The zero-order valence-electron chi connectivity index (χ0n) is 16.4. The molecule has 0 spiro atoms. The van der Waals surface area contributed by atoms with Crippen molar-refractivity contribution in [1.29, 1.82) is 0 Å². The molecule has 2 heterocycles. The lowest BCUT2D eigenvalue weighted by Gasteiger charge is -2.36. The van der Waals surface area contributed by atoms with Gasteiger partial charge in [-0.25, -0.2) is 9.37 Å². The van der Waals surface area contributed by atoms with Gasteiger partial charge in [0, 0.05) is 38.0 Å². The first kappa shape index (κ1) is 19.3. The van der Waals surface area contributed by atoms with Gasteiger partial charge in [0.05, 0.1) is 11.7 Å². The molecule has 1 N–H and O–H groups in total. The van der Waals surface area contributed by atoms with Crippen LogP contribution in [0.25, 0.3) is 11.3 Å². The fraction of sp³-hybridized carbons (Fsp3) is 0.304. The van der Waals surface area contributed by atoms with Crippen LogP contribution in [-0.2, 0) is 11.2 Å². The lowest BCUT2D eigenvalue weighted by molar-refractivity contribution is -0.134. The van der Waals surface area contributed by atoms with E-state index in [1.54, 1.807) is 6.07 Å². The van der Waals surface area contributed by atoms with Crippen molar-refractivity contribution in [2.75, 3.05) is 19.6 Å². The summed E-state index contributed by atoms with van der Waals surface area (Å²) in [5.74, 6) is 1.04. The van der Waals surface area contributed by atoms with Crippen LogP contribution in [0.1, 0.15) is 29.6 Å². The Hall–Kier alpha value is -2.99. The minimum absolute atomic E-state index is 0.0258. The zero-order valence-corrected chi connectivity index (χ0v) is 16.4. The number of rotatable bonds is 5. The van der Waals surface area contributed by atoms with Gasteiger partial charge in [-0.1, -0.05) is 42.5 Å². The van der Waals surface area contributed by atoms with Gasteiger partial charge in [0.1, 0.15) is 5.82 Å². The van der Waals surface area contributed by atoms with E-state index in [-0.39, 0.29) is 17.8 Å². The highest BCUT2D eigenvalue weighted by atomic mass is 19.1. The minimum Gasteiger partial charge on any atom is -0.440 e. The van der Waals surface area contributed by atoms with Gasteiger partial charge in [-0.05, 0) is 24.6 Å². The van der Waals surface area contributed by atoms with Crippen molar-refractivity contribution in [3.63, 3.8) is 0 Å². The Bertz CT molecular complexity index is 987. The molecule has 0 bridgehead atoms. The molecule has 1 atom stereocenters. The lowest BCUT2D eigenvalue weighted by atomic mass is 10.0. The van der Waals surface area contributed by atoms with Crippen molar-refractivity contribution >= 4 is 5.91 Å². The molecule has 4 rings (SSSR count). The van der Waals surface area contributed by atoms with Crippen LogP contribution in [0.3, 0.4) is 0 Å². The number of halogens is 1. The first-order chi connectivity index (χ1) is 14.1. The molecule has 0 radical (unpaired) electrons. The van der Waals surface area contributed by atoms with Crippen LogP contribution in [0.5, 0.6) is 0 Å². The Labute approximate surface area is 169 Å². The van der Waals surface area contributed by atoms with Crippen LogP contribution >= 0.6 is 0 Å². The van der Waals surface area contributed by atoms with Gasteiger partial charge in [-0.15, -0.1) is 0 Å². The van der Waals surface area contributed by atoms with Crippen LogP contribution in [0.4, 0.5) is 4.39 Å². The maximum atomic E-state index is 13.7. The van der Waals surface area contributed by atoms with E-state index in [0.717, 1.165) is 29.1 Å². The summed E-state index contributed by atoms with van der Waals surface area (Å²) in [6, 6.07) is 16.1. The average Bonchev–Trinajstić information content (AvgIpc) is 3.13. The van der Waals surface area contributed by atoms with Crippen molar-refractivity contribution in [2.24, 2.45) is 0 Å². The Kier molecular flexibility index (Phi) is 5.71. The number of oxazole rings is 1. The van der Waals surface area contributed by atoms with Crippen molar-refractivity contribution in [3.8, 4) is 11.3 Å². The number of carbonyl (C=O) groups is 1. The van der Waals surface area contributed by atoms with E-state index in [9.17, 15) is 9.18 Å². The van der Waals surface area contributed by atoms with Gasteiger partial charge in [0.25, 0.3) is 0 Å². The predicted molar refractivity (Wildman–Crippen MR) is 109 cm³/mol. The first-order valence-electron chi connectivity index (χ1n) is 9.89. The number of amides is 1. The van der Waals surface area contributed by atoms with E-state index in [1.165, 1.54) is 12.1 Å². The van der Waals surface area contributed by atoms with Gasteiger partial charge in [0.2, 0.25) is 5.91 Å². The quantitative estimate of drug-likeness (QED) is 0.714. The van der Waals surface area contributed by atoms with E-state index in [1.807, 2.05) is 48.2 Å². The number of nitrogens with one attached hydrogen (secondary N) is 1. The molecule has 1 unspecified atom stereocenters. The predicted octanol–water partition coefficient (Wildman–Crippen LogP) is 3.89. The number of hydrogen-bond donors (Lipinski definition) is 1. The second-order valence-electron chi connectivity index (χ2n) is 7.25. The van der Waals surface area contributed by atoms with E-state index in [2.05, 4.69) is 10.3 Å². The number of benzene rings is 2. The largest absolute Gasteiger partial charge is 0.440 e. The summed E-state index contributed by atoms with van der Waals surface area (Å²) in [6.07, 6.45) is 0.742. The van der Waals surface area contributed by atoms with Crippen LogP contribution in [0.15, 0.2) is 59.0 Å². The number of hydrogen-bond acceptors (Lipinski definition) is 4. The summed E-state index contributed by atoms with van der Waals surface area (Å²) in [5.41, 5.74) is 2.60. The molecule has 1 aliphatic rings. The molecule has 0 saturated carbocycles. The monoisotopic (exact) mass is 393 g/mol. The van der Waals surface area contributed by atoms with Crippen molar-refractivity contribution in [1.82, 2.24) is 15.2 Å². The third kappa shape index (κ3) is 4.38. The highest BCUT2D eigenvalue weighted by Gasteiger charge is 2.28. The van der Waals surface area contributed by atoms with E-state index < -0.39 is 0 Å². The Morgan fingerprint density at radius 3 is 2.86 bits per heavy atom. The van der Waals surface area contributed by atoms with Gasteiger partial charge in [0.15, 0.2) is 11.7 Å². The van der Waals surface area contributed by atoms with Crippen LogP contribution in [0, 0.1) is 12.7 Å². The maximum absolute atomic E-state index is 13.7. The molecule has 6 heteroatoms. The summed E-state index contributed by atoms with van der Waals surface area (Å²) in [4.78, 5) is 19.3. The highest BCUT2D eigenvalue weighted by molar-refractivity contribution is 5.77. The first-order valence-corrected chi connectivity index (χ1v) is 9.89. The molecule has 5 nitrogen and oxygen atoms in total. The minimum atomic E-state index is -0.288. The number of piperazine rings is 1. The van der Waals surface area contributed by atoms with Gasteiger partial charge < -0.3 is 14.6 Å². The molecule has 0 aliphatic carbocycles. The Morgan fingerprint density at radius 1 is 1.24 bits per heavy atom. The smallest absolute Gasteiger partial charge is 0.223 e. The van der Waals surface area contributed by atoms with Crippen LogP contribution in [-0.4, -0.2) is 35.4 Å². The maximum Gasteiger partial charge on any atom is 0.223 e. The van der Waals surface area contributed by atoms with Crippen LogP contribution < -0.4 is 5.32 Å². The number of carbonyl (C=O) groups excluding carboxylic acids is 1. The molecule has 3 aromatic rings. The summed E-state index contributed by atoms with van der Waals surface area (Å²) in [7, 11) is 0. The molecule has 1 aromatic heterocycles. The standard InChI is InChI=1S/C23H24FN3O2/c1-16-23(17-6-3-2-4-7-17)29-21(26-16)10-11-22(28)27-13-12-25-15-20(27)18-8-5-9-19(24)14-18/h2-9,14,20,25H,10-13,15H2,1H3. The summed E-state index contributed by atoms with van der Waals surface area (Å²) < 4.78 is 19.6. The molecule has 29 heavy (non-hydrogen) atoms. The fourth-order valence-electron chi connectivity index (χ4n) is 3.79. The molecular formula is C23H24FN3O2. The molecule has 2 aromatic carbocycles. The molecular weight excluding hydrogens is 369 g/mol.